The molecule has 96 valence electrons. The van der Waals surface area contributed by atoms with Gasteiger partial charge >= 0.3 is 5.97 Å². The third-order valence-corrected chi connectivity index (χ3v) is 2.48. The highest BCUT2D eigenvalue weighted by atomic mass is 35.5. The molecule has 0 aliphatic heterocycles. The Labute approximate surface area is 108 Å². The van der Waals surface area contributed by atoms with Crippen LogP contribution in [-0.2, 0) is 16.0 Å². The SMILES string of the molecule is CCOC(=O)Cc1cc([N+](=O)[O-])c(Cl)cc1C=O. The molecule has 0 radical (unpaired) electrons. The first kappa shape index (κ1) is 14.1. The number of hydrogen-bond acceptors (Lipinski definition) is 5. The molecule has 0 N–H and O–H groups in total. The van der Waals surface area contributed by atoms with Crippen LogP contribution in [0.25, 0.3) is 0 Å². The molecule has 7 heteroatoms. The third-order valence-electron chi connectivity index (χ3n) is 2.17. The van der Waals surface area contributed by atoms with Gasteiger partial charge < -0.3 is 4.74 Å². The van der Waals surface area contributed by atoms with E-state index in [9.17, 15) is 19.7 Å². The van der Waals surface area contributed by atoms with E-state index in [4.69, 9.17) is 16.3 Å². The highest BCUT2D eigenvalue weighted by Crippen LogP contribution is 2.27. The number of rotatable bonds is 5. The maximum Gasteiger partial charge on any atom is 0.310 e. The Balaban J connectivity index is 3.15. The lowest BCUT2D eigenvalue weighted by atomic mass is 10.0. The summed E-state index contributed by atoms with van der Waals surface area (Å²) in [4.78, 5) is 32.2. The zero-order valence-corrected chi connectivity index (χ0v) is 10.3. The molecule has 0 fully saturated rings. The fraction of sp³-hybridized carbons (Fsp3) is 0.273. The van der Waals surface area contributed by atoms with Crippen LogP contribution in [0.4, 0.5) is 5.69 Å². The van der Waals surface area contributed by atoms with Crippen molar-refractivity contribution in [3.63, 3.8) is 0 Å². The highest BCUT2D eigenvalue weighted by Gasteiger charge is 2.18. The van der Waals surface area contributed by atoms with Crippen molar-refractivity contribution in [3.8, 4) is 0 Å². The summed E-state index contributed by atoms with van der Waals surface area (Å²) in [6, 6.07) is 2.28. The van der Waals surface area contributed by atoms with Gasteiger partial charge in [0, 0.05) is 11.6 Å². The van der Waals surface area contributed by atoms with Gasteiger partial charge in [0.2, 0.25) is 0 Å². The predicted molar refractivity (Wildman–Crippen MR) is 63.8 cm³/mol. The van der Waals surface area contributed by atoms with Crippen LogP contribution in [-0.4, -0.2) is 23.8 Å². The molecule has 0 heterocycles. The number of hydrogen-bond donors (Lipinski definition) is 0. The number of carbonyl (C=O) groups is 2. The van der Waals surface area contributed by atoms with E-state index >= 15 is 0 Å². The summed E-state index contributed by atoms with van der Waals surface area (Å²) in [5, 5.41) is 10.6. The second-order valence-corrected chi connectivity index (χ2v) is 3.77. The van der Waals surface area contributed by atoms with Gasteiger partial charge in [0.05, 0.1) is 18.0 Å². The minimum Gasteiger partial charge on any atom is -0.466 e. The minimum atomic E-state index is -0.675. The molecule has 1 aromatic carbocycles. The quantitative estimate of drug-likeness (QED) is 0.354. The van der Waals surface area contributed by atoms with Gasteiger partial charge in [-0.05, 0) is 18.6 Å². The topological polar surface area (TPSA) is 86.5 Å². The van der Waals surface area contributed by atoms with Crippen molar-refractivity contribution in [2.24, 2.45) is 0 Å². The molecular formula is C11H10ClNO5. The Hall–Kier alpha value is -1.95. The fourth-order valence-corrected chi connectivity index (χ4v) is 1.63. The summed E-state index contributed by atoms with van der Waals surface area (Å²) in [6.07, 6.45) is 0.282. The molecule has 0 aliphatic rings. The number of nitrogens with zero attached hydrogens (tertiary/aromatic N) is 1. The van der Waals surface area contributed by atoms with Gasteiger partial charge in [-0.1, -0.05) is 11.6 Å². The van der Waals surface area contributed by atoms with E-state index in [0.717, 1.165) is 6.07 Å². The van der Waals surface area contributed by atoms with Crippen molar-refractivity contribution in [1.82, 2.24) is 0 Å². The number of aldehydes is 1. The Morgan fingerprint density at radius 2 is 2.22 bits per heavy atom. The molecule has 18 heavy (non-hydrogen) atoms. The zero-order chi connectivity index (χ0) is 13.7. The molecule has 0 unspecified atom stereocenters. The fourth-order valence-electron chi connectivity index (χ4n) is 1.39. The second kappa shape index (κ2) is 6.11. The second-order valence-electron chi connectivity index (χ2n) is 3.36. The number of esters is 1. The van der Waals surface area contributed by atoms with E-state index in [-0.39, 0.29) is 34.9 Å². The maximum atomic E-state index is 11.3. The van der Waals surface area contributed by atoms with E-state index in [1.54, 1.807) is 6.92 Å². The molecule has 1 rings (SSSR count). The van der Waals surface area contributed by atoms with Crippen LogP contribution in [0.2, 0.25) is 5.02 Å². The summed E-state index contributed by atoms with van der Waals surface area (Å²) in [5.41, 5.74) is 0.0137. The Kier molecular flexibility index (Phi) is 4.79. The van der Waals surface area contributed by atoms with Gasteiger partial charge in [-0.3, -0.25) is 19.7 Å². The van der Waals surface area contributed by atoms with E-state index in [0.29, 0.717) is 6.29 Å². The molecule has 0 bridgehead atoms. The highest BCUT2D eigenvalue weighted by molar-refractivity contribution is 6.33. The normalized spacial score (nSPS) is 9.89. The van der Waals surface area contributed by atoms with Crippen molar-refractivity contribution in [2.45, 2.75) is 13.3 Å². The predicted octanol–water partition coefficient (Wildman–Crippen LogP) is 2.17. The summed E-state index contributed by atoms with van der Waals surface area (Å²) in [5.74, 6) is -0.558. The smallest absolute Gasteiger partial charge is 0.310 e. The van der Waals surface area contributed by atoms with Crippen molar-refractivity contribution in [3.05, 3.63) is 38.4 Å². The van der Waals surface area contributed by atoms with Crippen molar-refractivity contribution < 1.29 is 19.2 Å². The summed E-state index contributed by atoms with van der Waals surface area (Å²) < 4.78 is 4.72. The van der Waals surface area contributed by atoms with Gasteiger partial charge in [0.1, 0.15) is 11.3 Å². The zero-order valence-electron chi connectivity index (χ0n) is 9.51. The van der Waals surface area contributed by atoms with Gasteiger partial charge in [0.15, 0.2) is 0 Å². The lowest BCUT2D eigenvalue weighted by Gasteiger charge is -2.06. The lowest BCUT2D eigenvalue weighted by Crippen LogP contribution is -2.09. The Morgan fingerprint density at radius 3 is 2.72 bits per heavy atom. The summed E-state index contributed by atoms with van der Waals surface area (Å²) in [6.45, 7) is 1.84. The number of nitro groups is 1. The number of halogens is 1. The molecular weight excluding hydrogens is 262 g/mol. The molecule has 0 spiro atoms. The van der Waals surface area contributed by atoms with Crippen molar-refractivity contribution in [2.75, 3.05) is 6.61 Å². The van der Waals surface area contributed by atoms with E-state index in [1.165, 1.54) is 6.07 Å². The molecule has 0 saturated carbocycles. The van der Waals surface area contributed by atoms with Crippen LogP contribution in [0.5, 0.6) is 0 Å². The van der Waals surface area contributed by atoms with Crippen LogP contribution in [0.15, 0.2) is 12.1 Å². The minimum absolute atomic E-state index is 0.138. The van der Waals surface area contributed by atoms with Crippen LogP contribution in [0, 0.1) is 10.1 Å². The van der Waals surface area contributed by atoms with Crippen LogP contribution >= 0.6 is 11.6 Å². The molecule has 6 nitrogen and oxygen atoms in total. The molecule has 0 aromatic heterocycles. The first-order chi connectivity index (χ1) is 8.49. The van der Waals surface area contributed by atoms with Crippen molar-refractivity contribution in [1.29, 1.82) is 0 Å². The maximum absolute atomic E-state index is 11.3. The first-order valence-electron chi connectivity index (χ1n) is 5.07. The first-order valence-corrected chi connectivity index (χ1v) is 5.45. The Morgan fingerprint density at radius 1 is 1.56 bits per heavy atom. The third kappa shape index (κ3) is 3.27. The molecule has 1 aromatic rings. The largest absolute Gasteiger partial charge is 0.466 e. The van der Waals surface area contributed by atoms with Crippen LogP contribution in [0.1, 0.15) is 22.8 Å². The molecule has 0 atom stereocenters. The van der Waals surface area contributed by atoms with Crippen LogP contribution in [0.3, 0.4) is 0 Å². The van der Waals surface area contributed by atoms with E-state index in [1.807, 2.05) is 0 Å². The number of benzene rings is 1. The van der Waals surface area contributed by atoms with E-state index in [2.05, 4.69) is 0 Å². The van der Waals surface area contributed by atoms with Gasteiger partial charge in [-0.25, -0.2) is 0 Å². The standard InChI is InChI=1S/C11H10ClNO5/c1-2-18-11(15)5-7-4-10(13(16)17)9(12)3-8(7)6-14/h3-4,6H,2,5H2,1H3. The lowest BCUT2D eigenvalue weighted by molar-refractivity contribution is -0.384. The van der Waals surface area contributed by atoms with Gasteiger partial charge in [0.25, 0.3) is 5.69 Å². The van der Waals surface area contributed by atoms with Crippen molar-refractivity contribution >= 4 is 29.5 Å². The average molecular weight is 272 g/mol. The van der Waals surface area contributed by atoms with Gasteiger partial charge in [-0.15, -0.1) is 0 Å². The van der Waals surface area contributed by atoms with Crippen LogP contribution < -0.4 is 0 Å². The summed E-state index contributed by atoms with van der Waals surface area (Å²) in [7, 11) is 0. The number of ether oxygens (including phenoxy) is 1. The summed E-state index contributed by atoms with van der Waals surface area (Å²) >= 11 is 5.66. The van der Waals surface area contributed by atoms with E-state index < -0.39 is 10.9 Å². The monoisotopic (exact) mass is 271 g/mol. The molecule has 0 amide bonds. The number of nitro benzene ring substituents is 1. The average Bonchev–Trinajstić information content (AvgIpc) is 2.30. The van der Waals surface area contributed by atoms with Gasteiger partial charge in [-0.2, -0.15) is 0 Å². The Bertz CT molecular complexity index is 500. The number of carbonyl (C=O) groups excluding carboxylic acids is 2. The molecule has 0 aliphatic carbocycles. The molecule has 0 saturated heterocycles.